The lowest BCUT2D eigenvalue weighted by Crippen LogP contribution is -2.55. The van der Waals surface area contributed by atoms with E-state index in [0.29, 0.717) is 19.6 Å². The molecule has 0 radical (unpaired) electrons. The molecule has 1 N–H and O–H groups in total. The summed E-state index contributed by atoms with van der Waals surface area (Å²) in [6, 6.07) is 5.93. The molecule has 0 saturated carbocycles. The van der Waals surface area contributed by atoms with Crippen molar-refractivity contribution in [3.63, 3.8) is 0 Å². The minimum atomic E-state index is -0.291. The highest BCUT2D eigenvalue weighted by Gasteiger charge is 2.27. The molecular formula is C15H20FN3O2. The first kappa shape index (κ1) is 15.3. The second-order valence-corrected chi connectivity index (χ2v) is 5.47. The van der Waals surface area contributed by atoms with Gasteiger partial charge in [-0.2, -0.15) is 0 Å². The van der Waals surface area contributed by atoms with Gasteiger partial charge in [0.1, 0.15) is 12.4 Å². The Hall–Kier alpha value is -2.11. The van der Waals surface area contributed by atoms with Gasteiger partial charge in [0.2, 0.25) is 5.91 Å². The molecule has 0 bridgehead atoms. The topological polar surface area (TPSA) is 52.7 Å². The number of piperazine rings is 1. The van der Waals surface area contributed by atoms with Crippen molar-refractivity contribution in [3.8, 4) is 0 Å². The standard InChI is InChI=1S/C15H20FN3O2/c1-11(2)17-15(21)19-8-7-18(14(20)10-19)9-12-3-5-13(16)6-4-12/h3-6,11H,7-10H2,1-2H3,(H,17,21). The highest BCUT2D eigenvalue weighted by molar-refractivity contribution is 5.85. The van der Waals surface area contributed by atoms with Gasteiger partial charge in [0.25, 0.3) is 0 Å². The third-order valence-corrected chi connectivity index (χ3v) is 3.30. The first-order valence-corrected chi connectivity index (χ1v) is 7.03. The molecule has 1 heterocycles. The minimum Gasteiger partial charge on any atom is -0.336 e. The van der Waals surface area contributed by atoms with Gasteiger partial charge in [-0.25, -0.2) is 9.18 Å². The predicted octanol–water partition coefficient (Wildman–Crippen LogP) is 1.59. The van der Waals surface area contributed by atoms with Gasteiger partial charge in [0, 0.05) is 25.7 Å². The summed E-state index contributed by atoms with van der Waals surface area (Å²) in [6.07, 6.45) is 0. The number of halogens is 1. The molecule has 1 aliphatic heterocycles. The summed E-state index contributed by atoms with van der Waals surface area (Å²) in [5.41, 5.74) is 0.879. The highest BCUT2D eigenvalue weighted by Crippen LogP contribution is 2.11. The molecule has 0 aromatic heterocycles. The summed E-state index contributed by atoms with van der Waals surface area (Å²) < 4.78 is 12.9. The van der Waals surface area contributed by atoms with E-state index in [0.717, 1.165) is 5.56 Å². The maximum atomic E-state index is 12.9. The van der Waals surface area contributed by atoms with E-state index in [9.17, 15) is 14.0 Å². The Kier molecular flexibility index (Phi) is 4.77. The second kappa shape index (κ2) is 6.56. The van der Waals surface area contributed by atoms with Gasteiger partial charge in [-0.05, 0) is 31.5 Å². The average Bonchev–Trinajstić information content (AvgIpc) is 2.42. The zero-order chi connectivity index (χ0) is 15.4. The van der Waals surface area contributed by atoms with Crippen LogP contribution in [-0.2, 0) is 11.3 Å². The van der Waals surface area contributed by atoms with E-state index in [1.54, 1.807) is 17.0 Å². The Morgan fingerprint density at radius 1 is 1.29 bits per heavy atom. The van der Waals surface area contributed by atoms with Crippen molar-refractivity contribution in [3.05, 3.63) is 35.6 Å². The monoisotopic (exact) mass is 293 g/mol. The fourth-order valence-corrected chi connectivity index (χ4v) is 2.20. The maximum absolute atomic E-state index is 12.9. The van der Waals surface area contributed by atoms with E-state index in [2.05, 4.69) is 5.32 Å². The van der Waals surface area contributed by atoms with Crippen LogP contribution in [0.5, 0.6) is 0 Å². The summed E-state index contributed by atoms with van der Waals surface area (Å²) in [6.45, 7) is 5.28. The molecule has 1 saturated heterocycles. The van der Waals surface area contributed by atoms with Crippen molar-refractivity contribution in [2.24, 2.45) is 0 Å². The Morgan fingerprint density at radius 3 is 2.52 bits per heavy atom. The van der Waals surface area contributed by atoms with Crippen LogP contribution in [0.1, 0.15) is 19.4 Å². The lowest BCUT2D eigenvalue weighted by Gasteiger charge is -2.34. The van der Waals surface area contributed by atoms with Crippen LogP contribution in [0.4, 0.5) is 9.18 Å². The molecule has 0 unspecified atom stereocenters. The number of carbonyl (C=O) groups excluding carboxylic acids is 2. The van der Waals surface area contributed by atoms with Gasteiger partial charge in [-0.3, -0.25) is 4.79 Å². The van der Waals surface area contributed by atoms with E-state index < -0.39 is 0 Å². The number of benzene rings is 1. The van der Waals surface area contributed by atoms with E-state index in [4.69, 9.17) is 0 Å². The number of hydrogen-bond acceptors (Lipinski definition) is 2. The molecule has 0 atom stereocenters. The molecule has 5 nitrogen and oxygen atoms in total. The highest BCUT2D eigenvalue weighted by atomic mass is 19.1. The van der Waals surface area contributed by atoms with Crippen LogP contribution in [-0.4, -0.2) is 47.4 Å². The molecule has 0 aliphatic carbocycles. The number of hydrogen-bond donors (Lipinski definition) is 1. The Balaban J connectivity index is 1.90. The number of amides is 3. The maximum Gasteiger partial charge on any atom is 0.318 e. The van der Waals surface area contributed by atoms with Gasteiger partial charge in [-0.15, -0.1) is 0 Å². The van der Waals surface area contributed by atoms with Crippen LogP contribution in [0, 0.1) is 5.82 Å². The summed E-state index contributed by atoms with van der Waals surface area (Å²) in [4.78, 5) is 27.2. The van der Waals surface area contributed by atoms with Crippen molar-refractivity contribution in [1.29, 1.82) is 0 Å². The van der Waals surface area contributed by atoms with Gasteiger partial charge in [-0.1, -0.05) is 12.1 Å². The van der Waals surface area contributed by atoms with Gasteiger partial charge in [0.15, 0.2) is 0 Å². The fourth-order valence-electron chi connectivity index (χ4n) is 2.20. The fraction of sp³-hybridized carbons (Fsp3) is 0.467. The number of nitrogens with zero attached hydrogens (tertiary/aromatic N) is 2. The van der Waals surface area contributed by atoms with E-state index in [-0.39, 0.29) is 30.3 Å². The van der Waals surface area contributed by atoms with Gasteiger partial charge < -0.3 is 15.1 Å². The third kappa shape index (κ3) is 4.18. The normalized spacial score (nSPS) is 15.5. The summed E-state index contributed by atoms with van der Waals surface area (Å²) in [7, 11) is 0. The first-order valence-electron chi connectivity index (χ1n) is 7.03. The first-order chi connectivity index (χ1) is 9.95. The van der Waals surface area contributed by atoms with Crippen molar-refractivity contribution in [2.75, 3.05) is 19.6 Å². The number of carbonyl (C=O) groups is 2. The van der Waals surface area contributed by atoms with E-state index >= 15 is 0 Å². The predicted molar refractivity (Wildman–Crippen MR) is 77.1 cm³/mol. The minimum absolute atomic E-state index is 0.0462. The largest absolute Gasteiger partial charge is 0.336 e. The van der Waals surface area contributed by atoms with Crippen molar-refractivity contribution in [1.82, 2.24) is 15.1 Å². The zero-order valence-electron chi connectivity index (χ0n) is 12.3. The summed E-state index contributed by atoms with van der Waals surface area (Å²) >= 11 is 0. The van der Waals surface area contributed by atoms with Crippen LogP contribution >= 0.6 is 0 Å². The van der Waals surface area contributed by atoms with Crippen LogP contribution in [0.15, 0.2) is 24.3 Å². The Morgan fingerprint density at radius 2 is 1.95 bits per heavy atom. The average molecular weight is 293 g/mol. The Labute approximate surface area is 123 Å². The van der Waals surface area contributed by atoms with Crippen molar-refractivity contribution >= 4 is 11.9 Å². The smallest absolute Gasteiger partial charge is 0.318 e. The third-order valence-electron chi connectivity index (χ3n) is 3.30. The van der Waals surface area contributed by atoms with Gasteiger partial charge >= 0.3 is 6.03 Å². The molecular weight excluding hydrogens is 273 g/mol. The van der Waals surface area contributed by atoms with E-state index in [1.807, 2.05) is 13.8 Å². The molecule has 6 heteroatoms. The molecule has 0 spiro atoms. The second-order valence-electron chi connectivity index (χ2n) is 5.47. The molecule has 1 aromatic rings. The quantitative estimate of drug-likeness (QED) is 0.920. The summed E-state index contributed by atoms with van der Waals surface area (Å²) in [5.74, 6) is -0.385. The SMILES string of the molecule is CC(C)NC(=O)N1CCN(Cc2ccc(F)cc2)C(=O)C1. The van der Waals surface area contributed by atoms with Gasteiger partial charge in [0.05, 0.1) is 0 Å². The number of nitrogens with one attached hydrogen (secondary N) is 1. The Bertz CT molecular complexity index is 516. The van der Waals surface area contributed by atoms with Crippen LogP contribution in [0.25, 0.3) is 0 Å². The molecule has 3 amide bonds. The van der Waals surface area contributed by atoms with Crippen LogP contribution in [0.2, 0.25) is 0 Å². The lowest BCUT2D eigenvalue weighted by atomic mass is 10.2. The van der Waals surface area contributed by atoms with Crippen molar-refractivity contribution < 1.29 is 14.0 Å². The van der Waals surface area contributed by atoms with Crippen LogP contribution < -0.4 is 5.32 Å². The zero-order valence-corrected chi connectivity index (χ0v) is 12.3. The van der Waals surface area contributed by atoms with E-state index in [1.165, 1.54) is 17.0 Å². The molecule has 21 heavy (non-hydrogen) atoms. The molecule has 114 valence electrons. The molecule has 1 fully saturated rings. The van der Waals surface area contributed by atoms with Crippen LogP contribution in [0.3, 0.4) is 0 Å². The molecule has 1 aromatic carbocycles. The number of urea groups is 1. The van der Waals surface area contributed by atoms with Crippen molar-refractivity contribution in [2.45, 2.75) is 26.4 Å². The molecule has 1 aliphatic rings. The lowest BCUT2D eigenvalue weighted by molar-refractivity contribution is -0.135. The molecule has 2 rings (SSSR count). The summed E-state index contributed by atoms with van der Waals surface area (Å²) in [5, 5.41) is 2.78. The number of rotatable bonds is 3.